The third-order valence-corrected chi connectivity index (χ3v) is 6.90. The van der Waals surface area contributed by atoms with Crippen LogP contribution in [0.1, 0.15) is 168 Å². The highest BCUT2D eigenvalue weighted by Crippen LogP contribution is 2.12. The highest BCUT2D eigenvalue weighted by Gasteiger charge is 2.13. The van der Waals surface area contributed by atoms with Crippen molar-refractivity contribution in [3.63, 3.8) is 0 Å². The first-order valence-electron chi connectivity index (χ1n) is 15.7. The van der Waals surface area contributed by atoms with Gasteiger partial charge in [0.25, 0.3) is 0 Å². The standard InChI is InChI=1S/C32H61NO3/c1-4-6-8-10-12-14-15-16-17-18-19-20-22-24-26-28-32(35)36-29-31(33-30(3)34)27-25-23-21-13-11-9-7-5-2/h16-17,31H,4-15,18-29H2,1-3H3,(H,33,34)/b17-16+. The molecule has 36 heavy (non-hydrogen) atoms. The smallest absolute Gasteiger partial charge is 0.305 e. The van der Waals surface area contributed by atoms with Crippen LogP contribution >= 0.6 is 0 Å². The van der Waals surface area contributed by atoms with Gasteiger partial charge in [-0.25, -0.2) is 0 Å². The first-order valence-corrected chi connectivity index (χ1v) is 15.7. The van der Waals surface area contributed by atoms with E-state index >= 15 is 0 Å². The molecular weight excluding hydrogens is 446 g/mol. The van der Waals surface area contributed by atoms with Gasteiger partial charge < -0.3 is 10.1 Å². The normalized spacial score (nSPS) is 12.2. The van der Waals surface area contributed by atoms with E-state index in [-0.39, 0.29) is 17.9 Å². The molecule has 4 heteroatoms. The Morgan fingerprint density at radius 1 is 0.639 bits per heavy atom. The molecule has 0 aliphatic heterocycles. The Morgan fingerprint density at radius 3 is 1.58 bits per heavy atom. The second-order valence-electron chi connectivity index (χ2n) is 10.7. The molecule has 0 fully saturated rings. The Kier molecular flexibility index (Phi) is 27.2. The number of nitrogens with one attached hydrogen (secondary N) is 1. The number of allylic oxidation sites excluding steroid dienone is 2. The highest BCUT2D eigenvalue weighted by molar-refractivity contribution is 5.73. The third-order valence-electron chi connectivity index (χ3n) is 6.90. The molecule has 0 saturated heterocycles. The van der Waals surface area contributed by atoms with E-state index in [1.807, 2.05) is 0 Å². The van der Waals surface area contributed by atoms with E-state index in [4.69, 9.17) is 4.74 Å². The molecule has 212 valence electrons. The molecule has 1 amide bonds. The van der Waals surface area contributed by atoms with Crippen molar-refractivity contribution in [1.29, 1.82) is 0 Å². The van der Waals surface area contributed by atoms with E-state index in [0.29, 0.717) is 13.0 Å². The van der Waals surface area contributed by atoms with Crippen LogP contribution in [0.5, 0.6) is 0 Å². The zero-order valence-corrected chi connectivity index (χ0v) is 24.4. The summed E-state index contributed by atoms with van der Waals surface area (Å²) >= 11 is 0. The van der Waals surface area contributed by atoms with Crippen molar-refractivity contribution < 1.29 is 14.3 Å². The lowest BCUT2D eigenvalue weighted by atomic mass is 10.0. The SMILES string of the molecule is CCCCCCCC/C=C/CCCCCCCC(=O)OCC(CCCCCCCCCC)NC(C)=O. The molecule has 0 rings (SSSR count). The summed E-state index contributed by atoms with van der Waals surface area (Å²) in [6, 6.07) is -0.0549. The minimum Gasteiger partial charge on any atom is -0.463 e. The first kappa shape index (κ1) is 34.7. The van der Waals surface area contributed by atoms with E-state index < -0.39 is 0 Å². The fraction of sp³-hybridized carbons (Fsp3) is 0.875. The number of hydrogen-bond donors (Lipinski definition) is 1. The fourth-order valence-electron chi connectivity index (χ4n) is 4.62. The van der Waals surface area contributed by atoms with Crippen molar-refractivity contribution in [3.8, 4) is 0 Å². The van der Waals surface area contributed by atoms with Gasteiger partial charge in [-0.15, -0.1) is 0 Å². The van der Waals surface area contributed by atoms with Crippen LogP contribution in [0.3, 0.4) is 0 Å². The van der Waals surface area contributed by atoms with Crippen molar-refractivity contribution in [2.45, 2.75) is 174 Å². The predicted molar refractivity (Wildman–Crippen MR) is 155 cm³/mol. The maximum Gasteiger partial charge on any atom is 0.305 e. The summed E-state index contributed by atoms with van der Waals surface area (Å²) < 4.78 is 5.48. The fourth-order valence-corrected chi connectivity index (χ4v) is 4.62. The van der Waals surface area contributed by atoms with Crippen LogP contribution in [0.2, 0.25) is 0 Å². The second-order valence-corrected chi connectivity index (χ2v) is 10.7. The first-order chi connectivity index (χ1) is 17.6. The average Bonchev–Trinajstić information content (AvgIpc) is 2.86. The Balaban J connectivity index is 3.66. The van der Waals surface area contributed by atoms with Gasteiger partial charge in [0.2, 0.25) is 5.91 Å². The van der Waals surface area contributed by atoms with Gasteiger partial charge in [-0.1, -0.05) is 129 Å². The lowest BCUT2D eigenvalue weighted by Crippen LogP contribution is -2.37. The maximum atomic E-state index is 12.1. The summed E-state index contributed by atoms with van der Waals surface area (Å²) in [6.07, 6.45) is 32.5. The molecule has 1 N–H and O–H groups in total. The topological polar surface area (TPSA) is 55.4 Å². The molecule has 0 aliphatic rings. The molecule has 0 bridgehead atoms. The minimum absolute atomic E-state index is 0.0483. The van der Waals surface area contributed by atoms with Crippen molar-refractivity contribution in [1.82, 2.24) is 5.32 Å². The van der Waals surface area contributed by atoms with Gasteiger partial charge in [0.1, 0.15) is 6.61 Å². The third kappa shape index (κ3) is 27.3. The van der Waals surface area contributed by atoms with E-state index in [9.17, 15) is 9.59 Å². The van der Waals surface area contributed by atoms with Gasteiger partial charge in [0.15, 0.2) is 0 Å². The molecule has 0 saturated carbocycles. The molecule has 0 heterocycles. The number of carbonyl (C=O) groups is 2. The average molecular weight is 508 g/mol. The summed E-state index contributed by atoms with van der Waals surface area (Å²) in [7, 11) is 0. The summed E-state index contributed by atoms with van der Waals surface area (Å²) in [5, 5.41) is 2.95. The van der Waals surface area contributed by atoms with Gasteiger partial charge in [0, 0.05) is 13.3 Å². The zero-order valence-electron chi connectivity index (χ0n) is 24.4. The Morgan fingerprint density at radius 2 is 1.08 bits per heavy atom. The molecule has 0 spiro atoms. The number of amides is 1. The van der Waals surface area contributed by atoms with Crippen LogP contribution in [-0.2, 0) is 14.3 Å². The van der Waals surface area contributed by atoms with Gasteiger partial charge in [-0.2, -0.15) is 0 Å². The number of carbonyl (C=O) groups excluding carboxylic acids is 2. The number of unbranched alkanes of at least 4 members (excludes halogenated alkanes) is 18. The summed E-state index contributed by atoms with van der Waals surface area (Å²) in [6.45, 7) is 6.35. The maximum absolute atomic E-state index is 12.1. The molecule has 1 unspecified atom stereocenters. The van der Waals surface area contributed by atoms with E-state index in [2.05, 4.69) is 31.3 Å². The van der Waals surface area contributed by atoms with Gasteiger partial charge in [-0.3, -0.25) is 9.59 Å². The molecule has 0 radical (unpaired) electrons. The quantitative estimate of drug-likeness (QED) is 0.0684. The Hall–Kier alpha value is -1.32. The predicted octanol–water partition coefficient (Wildman–Crippen LogP) is 9.60. The van der Waals surface area contributed by atoms with Gasteiger partial charge in [-0.05, 0) is 38.5 Å². The molecule has 0 aliphatic carbocycles. The van der Waals surface area contributed by atoms with E-state index in [0.717, 1.165) is 25.7 Å². The van der Waals surface area contributed by atoms with Crippen LogP contribution in [-0.4, -0.2) is 24.5 Å². The number of hydrogen-bond acceptors (Lipinski definition) is 3. The zero-order chi connectivity index (χ0) is 26.5. The lowest BCUT2D eigenvalue weighted by molar-refractivity contribution is -0.145. The monoisotopic (exact) mass is 507 g/mol. The van der Waals surface area contributed by atoms with Gasteiger partial charge >= 0.3 is 5.97 Å². The van der Waals surface area contributed by atoms with Crippen LogP contribution in [0, 0.1) is 0 Å². The molecule has 0 aromatic carbocycles. The number of rotatable bonds is 27. The number of ether oxygens (including phenoxy) is 1. The lowest BCUT2D eigenvalue weighted by Gasteiger charge is -2.18. The van der Waals surface area contributed by atoms with Crippen molar-refractivity contribution in [2.24, 2.45) is 0 Å². The summed E-state index contributed by atoms with van der Waals surface area (Å²) in [4.78, 5) is 23.6. The van der Waals surface area contributed by atoms with Crippen molar-refractivity contribution >= 4 is 11.9 Å². The van der Waals surface area contributed by atoms with Gasteiger partial charge in [0.05, 0.1) is 6.04 Å². The Bertz CT molecular complexity index is 518. The molecular formula is C32H61NO3. The van der Waals surface area contributed by atoms with Crippen LogP contribution in [0.15, 0.2) is 12.2 Å². The second kappa shape index (κ2) is 28.3. The van der Waals surface area contributed by atoms with Crippen LogP contribution < -0.4 is 5.32 Å². The highest BCUT2D eigenvalue weighted by atomic mass is 16.5. The van der Waals surface area contributed by atoms with Crippen molar-refractivity contribution in [3.05, 3.63) is 12.2 Å². The molecule has 4 nitrogen and oxygen atoms in total. The van der Waals surface area contributed by atoms with Crippen LogP contribution in [0.4, 0.5) is 0 Å². The number of esters is 1. The molecule has 1 atom stereocenters. The van der Waals surface area contributed by atoms with E-state index in [1.54, 1.807) is 0 Å². The van der Waals surface area contributed by atoms with Crippen LogP contribution in [0.25, 0.3) is 0 Å². The van der Waals surface area contributed by atoms with E-state index in [1.165, 1.54) is 122 Å². The molecule has 0 aromatic heterocycles. The minimum atomic E-state index is -0.126. The summed E-state index contributed by atoms with van der Waals surface area (Å²) in [5.74, 6) is -0.174. The Labute approximate surface area is 224 Å². The molecule has 0 aromatic rings. The summed E-state index contributed by atoms with van der Waals surface area (Å²) in [5.41, 5.74) is 0. The van der Waals surface area contributed by atoms with Crippen molar-refractivity contribution in [2.75, 3.05) is 6.61 Å². The largest absolute Gasteiger partial charge is 0.463 e.